The second-order valence-electron chi connectivity index (χ2n) is 3.55. The maximum Gasteiger partial charge on any atom is 0.280 e. The van der Waals surface area contributed by atoms with Crippen molar-refractivity contribution in [1.82, 2.24) is 0 Å². The molecule has 2 rings (SSSR count). The highest BCUT2D eigenvalue weighted by Crippen LogP contribution is 2.35. The molecule has 92 valence electrons. The van der Waals surface area contributed by atoms with E-state index in [1.807, 2.05) is 0 Å². The summed E-state index contributed by atoms with van der Waals surface area (Å²) in [7, 11) is 0. The molecule has 18 heavy (non-hydrogen) atoms. The van der Waals surface area contributed by atoms with Crippen LogP contribution in [0.15, 0.2) is 36.4 Å². The monoisotopic (exact) mass is 285 g/mol. The lowest BCUT2D eigenvalue weighted by molar-refractivity contribution is -0.384. The summed E-state index contributed by atoms with van der Waals surface area (Å²) in [6.07, 6.45) is 0. The van der Waals surface area contributed by atoms with Crippen LogP contribution in [0.3, 0.4) is 0 Å². The number of benzene rings is 2. The lowest BCUT2D eigenvalue weighted by atomic mass is 10.0. The van der Waals surface area contributed by atoms with E-state index in [-0.39, 0.29) is 26.9 Å². The van der Waals surface area contributed by atoms with Gasteiger partial charge in [0, 0.05) is 16.1 Å². The number of halogens is 3. The topological polar surface area (TPSA) is 43.1 Å². The van der Waals surface area contributed by atoms with Crippen LogP contribution in [0.5, 0.6) is 0 Å². The summed E-state index contributed by atoms with van der Waals surface area (Å²) < 4.78 is 13.8. The first kappa shape index (κ1) is 12.8. The third-order valence-corrected chi connectivity index (χ3v) is 2.78. The molecule has 0 spiro atoms. The Hall–Kier alpha value is -1.65. The van der Waals surface area contributed by atoms with Gasteiger partial charge < -0.3 is 0 Å². The second-order valence-corrected chi connectivity index (χ2v) is 4.42. The van der Waals surface area contributed by atoms with Crippen molar-refractivity contribution in [2.45, 2.75) is 0 Å². The molecule has 3 nitrogen and oxygen atoms in total. The van der Waals surface area contributed by atoms with Gasteiger partial charge in [0.1, 0.15) is 5.82 Å². The SMILES string of the molecule is O=[N+]([O-])c1cccc(F)c1-c1cc(Cl)cc(Cl)c1. The minimum absolute atomic E-state index is 0.119. The van der Waals surface area contributed by atoms with Gasteiger partial charge in [-0.3, -0.25) is 10.1 Å². The van der Waals surface area contributed by atoms with Crippen molar-refractivity contribution in [3.63, 3.8) is 0 Å². The molecule has 6 heteroatoms. The van der Waals surface area contributed by atoms with Gasteiger partial charge in [-0.25, -0.2) is 4.39 Å². The first-order valence-corrected chi connectivity index (χ1v) is 5.64. The van der Waals surface area contributed by atoms with Crippen LogP contribution in [0, 0.1) is 15.9 Å². The molecule has 0 aliphatic heterocycles. The third-order valence-electron chi connectivity index (χ3n) is 2.34. The molecular formula is C12H6Cl2FNO2. The molecule has 2 aromatic carbocycles. The van der Waals surface area contributed by atoms with E-state index in [9.17, 15) is 14.5 Å². The van der Waals surface area contributed by atoms with Crippen molar-refractivity contribution in [2.24, 2.45) is 0 Å². The third kappa shape index (κ3) is 2.44. The maximum absolute atomic E-state index is 13.8. The maximum atomic E-state index is 13.8. The molecule has 0 aromatic heterocycles. The summed E-state index contributed by atoms with van der Waals surface area (Å²) in [6, 6.07) is 7.99. The highest BCUT2D eigenvalue weighted by Gasteiger charge is 2.19. The lowest BCUT2D eigenvalue weighted by Gasteiger charge is -2.06. The molecule has 0 fully saturated rings. The van der Waals surface area contributed by atoms with E-state index in [1.165, 1.54) is 30.3 Å². The van der Waals surface area contributed by atoms with Crippen LogP contribution in [0.4, 0.5) is 10.1 Å². The van der Waals surface area contributed by atoms with Crippen molar-refractivity contribution in [3.8, 4) is 11.1 Å². The highest BCUT2D eigenvalue weighted by molar-refractivity contribution is 6.35. The van der Waals surface area contributed by atoms with Crippen LogP contribution >= 0.6 is 23.2 Å². The summed E-state index contributed by atoms with van der Waals surface area (Å²) in [5.41, 5.74) is -0.169. The normalized spacial score (nSPS) is 10.4. The number of rotatable bonds is 2. The molecule has 0 unspecified atom stereocenters. The summed E-state index contributed by atoms with van der Waals surface area (Å²) in [4.78, 5) is 10.2. The summed E-state index contributed by atoms with van der Waals surface area (Å²) in [6.45, 7) is 0. The smallest absolute Gasteiger partial charge is 0.258 e. The van der Waals surface area contributed by atoms with E-state index < -0.39 is 10.7 Å². The first-order valence-electron chi connectivity index (χ1n) is 4.88. The van der Waals surface area contributed by atoms with Gasteiger partial charge in [-0.2, -0.15) is 0 Å². The van der Waals surface area contributed by atoms with Crippen LogP contribution < -0.4 is 0 Å². The zero-order valence-electron chi connectivity index (χ0n) is 8.86. The van der Waals surface area contributed by atoms with E-state index in [4.69, 9.17) is 23.2 Å². The Bertz CT molecular complexity index is 611. The van der Waals surface area contributed by atoms with Crippen molar-refractivity contribution in [1.29, 1.82) is 0 Å². The lowest BCUT2D eigenvalue weighted by Crippen LogP contribution is -1.94. The van der Waals surface area contributed by atoms with Gasteiger partial charge in [0.15, 0.2) is 0 Å². The van der Waals surface area contributed by atoms with E-state index in [0.29, 0.717) is 0 Å². The number of nitro groups is 1. The van der Waals surface area contributed by atoms with Gasteiger partial charge in [0.05, 0.1) is 10.5 Å². The Kier molecular flexibility index (Phi) is 3.50. The number of hydrogen-bond acceptors (Lipinski definition) is 2. The predicted octanol–water partition coefficient (Wildman–Crippen LogP) is 4.71. The Balaban J connectivity index is 2.73. The molecule has 0 aliphatic carbocycles. The van der Waals surface area contributed by atoms with E-state index in [0.717, 1.165) is 6.07 Å². The fraction of sp³-hybridized carbons (Fsp3) is 0. The van der Waals surface area contributed by atoms with E-state index >= 15 is 0 Å². The summed E-state index contributed by atoms with van der Waals surface area (Å²) >= 11 is 11.6. The molecule has 0 radical (unpaired) electrons. The fourth-order valence-corrected chi connectivity index (χ4v) is 2.17. The molecule has 0 saturated carbocycles. The van der Waals surface area contributed by atoms with E-state index in [1.54, 1.807) is 0 Å². The van der Waals surface area contributed by atoms with Crippen molar-refractivity contribution in [3.05, 3.63) is 62.4 Å². The first-order chi connectivity index (χ1) is 8.49. The molecule has 2 aromatic rings. The largest absolute Gasteiger partial charge is 0.280 e. The highest BCUT2D eigenvalue weighted by atomic mass is 35.5. The summed E-state index contributed by atoms with van der Waals surface area (Å²) in [5, 5.41) is 11.5. The van der Waals surface area contributed by atoms with Gasteiger partial charge in [0.2, 0.25) is 0 Å². The molecule has 0 bridgehead atoms. The Morgan fingerprint density at radius 1 is 1.11 bits per heavy atom. The molecule has 0 aliphatic rings. The van der Waals surface area contributed by atoms with Gasteiger partial charge in [0.25, 0.3) is 5.69 Å². The second kappa shape index (κ2) is 4.92. The van der Waals surface area contributed by atoms with Crippen LogP contribution in [0.25, 0.3) is 11.1 Å². The standard InChI is InChI=1S/C12H6Cl2FNO2/c13-8-4-7(5-9(14)6-8)12-10(15)2-1-3-11(12)16(17)18/h1-6H. The molecule has 0 heterocycles. The Morgan fingerprint density at radius 3 is 2.28 bits per heavy atom. The zero-order chi connectivity index (χ0) is 13.3. The van der Waals surface area contributed by atoms with Crippen molar-refractivity contribution < 1.29 is 9.31 Å². The van der Waals surface area contributed by atoms with Gasteiger partial charge in [-0.15, -0.1) is 0 Å². The van der Waals surface area contributed by atoms with Crippen molar-refractivity contribution in [2.75, 3.05) is 0 Å². The van der Waals surface area contributed by atoms with Gasteiger partial charge in [-0.1, -0.05) is 29.3 Å². The quantitative estimate of drug-likeness (QED) is 0.592. The fourth-order valence-electron chi connectivity index (χ4n) is 1.65. The Labute approximate surface area is 112 Å². The van der Waals surface area contributed by atoms with E-state index in [2.05, 4.69) is 0 Å². The minimum Gasteiger partial charge on any atom is -0.258 e. The zero-order valence-corrected chi connectivity index (χ0v) is 10.4. The van der Waals surface area contributed by atoms with Crippen LogP contribution in [-0.4, -0.2) is 4.92 Å². The van der Waals surface area contributed by atoms with Crippen LogP contribution in [-0.2, 0) is 0 Å². The van der Waals surface area contributed by atoms with Crippen LogP contribution in [0.2, 0.25) is 10.0 Å². The molecule has 0 N–H and O–H groups in total. The molecule has 0 saturated heterocycles. The molecular weight excluding hydrogens is 280 g/mol. The number of hydrogen-bond donors (Lipinski definition) is 0. The predicted molar refractivity (Wildman–Crippen MR) is 68.5 cm³/mol. The summed E-state index contributed by atoms with van der Waals surface area (Å²) in [5.74, 6) is -0.692. The Morgan fingerprint density at radius 2 is 1.72 bits per heavy atom. The van der Waals surface area contributed by atoms with Gasteiger partial charge in [-0.05, 0) is 29.8 Å². The van der Waals surface area contributed by atoms with Crippen molar-refractivity contribution >= 4 is 28.9 Å². The molecule has 0 atom stereocenters. The number of nitrogens with zero attached hydrogens (tertiary/aromatic N) is 1. The minimum atomic E-state index is -0.692. The average molecular weight is 286 g/mol. The average Bonchev–Trinajstić information content (AvgIpc) is 2.26. The number of nitro benzene ring substituents is 1. The molecule has 0 amide bonds. The van der Waals surface area contributed by atoms with Crippen LogP contribution in [0.1, 0.15) is 0 Å². The van der Waals surface area contributed by atoms with Gasteiger partial charge >= 0.3 is 0 Å².